The van der Waals surface area contributed by atoms with E-state index in [1.54, 1.807) is 0 Å². The molecule has 3 aromatic carbocycles. The van der Waals surface area contributed by atoms with Crippen molar-refractivity contribution in [1.29, 1.82) is 5.26 Å². The second kappa shape index (κ2) is 11.4. The van der Waals surface area contributed by atoms with E-state index in [0.29, 0.717) is 13.0 Å². The van der Waals surface area contributed by atoms with Gasteiger partial charge in [-0.15, -0.1) is 0 Å². The number of amides is 2. The number of carbonyl (C=O) groups excluding carboxylic acids is 1. The van der Waals surface area contributed by atoms with Crippen LogP contribution < -0.4 is 15.4 Å². The van der Waals surface area contributed by atoms with E-state index < -0.39 is 0 Å². The lowest BCUT2D eigenvalue weighted by Gasteiger charge is -2.15. The number of hydrogen-bond acceptors (Lipinski definition) is 3. The second-order valence-corrected chi connectivity index (χ2v) is 7.49. The standard InChI is InChI=1S/C26H27N3O2/c1-20(10-11-21-6-3-2-4-7-21)28-26(30)29-24-9-5-8-23(18-24)19-31-25-14-12-22(13-15-25)16-17-27/h2-9,12-15,18,20H,10-11,16,19H2,1H3,(H2,28,29,30). The molecule has 0 aliphatic rings. The molecule has 0 radical (unpaired) electrons. The van der Waals surface area contributed by atoms with Crippen LogP contribution in [0.5, 0.6) is 5.75 Å². The van der Waals surface area contributed by atoms with Crippen molar-refractivity contribution in [3.8, 4) is 11.8 Å². The fourth-order valence-corrected chi connectivity index (χ4v) is 3.19. The highest BCUT2D eigenvalue weighted by molar-refractivity contribution is 5.89. The lowest BCUT2D eigenvalue weighted by molar-refractivity contribution is 0.248. The molecule has 0 bridgehead atoms. The lowest BCUT2D eigenvalue weighted by atomic mass is 10.1. The van der Waals surface area contributed by atoms with Crippen LogP contribution in [0.25, 0.3) is 0 Å². The van der Waals surface area contributed by atoms with Gasteiger partial charge in [-0.2, -0.15) is 5.26 Å². The second-order valence-electron chi connectivity index (χ2n) is 7.49. The van der Waals surface area contributed by atoms with E-state index in [2.05, 4.69) is 28.8 Å². The number of benzene rings is 3. The van der Waals surface area contributed by atoms with E-state index in [9.17, 15) is 4.79 Å². The topological polar surface area (TPSA) is 74.2 Å². The lowest BCUT2D eigenvalue weighted by Crippen LogP contribution is -2.36. The number of nitriles is 1. The van der Waals surface area contributed by atoms with Crippen molar-refractivity contribution >= 4 is 11.7 Å². The Morgan fingerprint density at radius 1 is 0.968 bits per heavy atom. The Morgan fingerprint density at radius 2 is 1.71 bits per heavy atom. The molecule has 0 saturated heterocycles. The largest absolute Gasteiger partial charge is 0.489 e. The van der Waals surface area contributed by atoms with Crippen LogP contribution in [0.1, 0.15) is 30.0 Å². The Kier molecular flexibility index (Phi) is 8.07. The van der Waals surface area contributed by atoms with Crippen molar-refractivity contribution in [2.24, 2.45) is 0 Å². The average molecular weight is 414 g/mol. The third kappa shape index (κ3) is 7.52. The molecule has 158 valence electrons. The van der Waals surface area contributed by atoms with Crippen LogP contribution in [-0.2, 0) is 19.4 Å². The van der Waals surface area contributed by atoms with E-state index >= 15 is 0 Å². The third-order valence-corrected chi connectivity index (χ3v) is 4.88. The summed E-state index contributed by atoms with van der Waals surface area (Å²) in [6.45, 7) is 2.40. The summed E-state index contributed by atoms with van der Waals surface area (Å²) in [5.74, 6) is 0.741. The molecule has 5 heteroatoms. The summed E-state index contributed by atoms with van der Waals surface area (Å²) in [5.41, 5.74) is 3.91. The normalized spacial score (nSPS) is 11.2. The number of anilines is 1. The van der Waals surface area contributed by atoms with Crippen LogP contribution in [0.2, 0.25) is 0 Å². The first-order chi connectivity index (χ1) is 15.1. The van der Waals surface area contributed by atoms with Crippen LogP contribution in [-0.4, -0.2) is 12.1 Å². The van der Waals surface area contributed by atoms with Crippen molar-refractivity contribution in [1.82, 2.24) is 5.32 Å². The molecular weight excluding hydrogens is 386 g/mol. The average Bonchev–Trinajstić information content (AvgIpc) is 2.78. The van der Waals surface area contributed by atoms with E-state index in [1.165, 1.54) is 5.56 Å². The highest BCUT2D eigenvalue weighted by Crippen LogP contribution is 2.16. The van der Waals surface area contributed by atoms with Gasteiger partial charge in [0.05, 0.1) is 12.5 Å². The van der Waals surface area contributed by atoms with Gasteiger partial charge < -0.3 is 15.4 Å². The molecule has 3 aromatic rings. The van der Waals surface area contributed by atoms with Gasteiger partial charge in [0.15, 0.2) is 0 Å². The van der Waals surface area contributed by atoms with Crippen LogP contribution in [0, 0.1) is 11.3 Å². The molecule has 5 nitrogen and oxygen atoms in total. The number of nitrogens with zero attached hydrogens (tertiary/aromatic N) is 1. The molecule has 0 aliphatic carbocycles. The maximum Gasteiger partial charge on any atom is 0.319 e. The van der Waals surface area contributed by atoms with Crippen molar-refractivity contribution in [2.45, 2.75) is 38.8 Å². The predicted molar refractivity (Wildman–Crippen MR) is 123 cm³/mol. The first-order valence-corrected chi connectivity index (χ1v) is 10.4. The first kappa shape index (κ1) is 21.9. The third-order valence-electron chi connectivity index (χ3n) is 4.88. The quantitative estimate of drug-likeness (QED) is 0.488. The molecular formula is C26H27N3O2. The fraction of sp³-hybridized carbons (Fsp3) is 0.231. The molecule has 2 amide bonds. The zero-order valence-electron chi connectivity index (χ0n) is 17.7. The maximum absolute atomic E-state index is 12.3. The molecule has 0 fully saturated rings. The minimum Gasteiger partial charge on any atom is -0.489 e. The van der Waals surface area contributed by atoms with Crippen LogP contribution in [0.3, 0.4) is 0 Å². The maximum atomic E-state index is 12.3. The number of hydrogen-bond donors (Lipinski definition) is 2. The summed E-state index contributed by atoms with van der Waals surface area (Å²) in [6.07, 6.45) is 2.19. The molecule has 0 aliphatic heterocycles. The Bertz CT molecular complexity index is 1010. The SMILES string of the molecule is CC(CCc1ccccc1)NC(=O)Nc1cccc(COc2ccc(CC#N)cc2)c1. The summed E-state index contributed by atoms with van der Waals surface area (Å²) in [4.78, 5) is 12.3. The van der Waals surface area contributed by atoms with Crippen molar-refractivity contribution in [3.63, 3.8) is 0 Å². The molecule has 0 aromatic heterocycles. The van der Waals surface area contributed by atoms with E-state index in [4.69, 9.17) is 10.00 Å². The van der Waals surface area contributed by atoms with Crippen LogP contribution >= 0.6 is 0 Å². The zero-order valence-corrected chi connectivity index (χ0v) is 17.7. The van der Waals surface area contributed by atoms with E-state index in [-0.39, 0.29) is 12.1 Å². The molecule has 2 N–H and O–H groups in total. The molecule has 1 atom stereocenters. The minimum absolute atomic E-state index is 0.0655. The highest BCUT2D eigenvalue weighted by atomic mass is 16.5. The minimum atomic E-state index is -0.216. The number of carbonyl (C=O) groups is 1. The number of nitrogens with one attached hydrogen (secondary N) is 2. The van der Waals surface area contributed by atoms with Gasteiger partial charge >= 0.3 is 6.03 Å². The molecule has 0 heterocycles. The van der Waals surface area contributed by atoms with Gasteiger partial charge in [0.2, 0.25) is 0 Å². The van der Waals surface area contributed by atoms with Gasteiger partial charge in [-0.1, -0.05) is 54.6 Å². The Hall–Kier alpha value is -3.78. The predicted octanol–water partition coefficient (Wildman–Crippen LogP) is 5.47. The summed E-state index contributed by atoms with van der Waals surface area (Å²) in [6, 6.07) is 27.3. The molecule has 0 saturated carbocycles. The number of rotatable bonds is 9. The monoisotopic (exact) mass is 413 g/mol. The Morgan fingerprint density at radius 3 is 2.45 bits per heavy atom. The van der Waals surface area contributed by atoms with Crippen molar-refractivity contribution < 1.29 is 9.53 Å². The zero-order chi connectivity index (χ0) is 21.9. The molecule has 1 unspecified atom stereocenters. The number of aryl methyl sites for hydroxylation is 1. The van der Waals surface area contributed by atoms with Crippen molar-refractivity contribution in [2.75, 3.05) is 5.32 Å². The number of ether oxygens (including phenoxy) is 1. The summed E-state index contributed by atoms with van der Waals surface area (Å²) < 4.78 is 5.81. The van der Waals surface area contributed by atoms with Gasteiger partial charge in [-0.3, -0.25) is 0 Å². The highest BCUT2D eigenvalue weighted by Gasteiger charge is 2.08. The van der Waals surface area contributed by atoms with Gasteiger partial charge in [-0.25, -0.2) is 4.79 Å². The van der Waals surface area contributed by atoms with E-state index in [0.717, 1.165) is 35.4 Å². The summed E-state index contributed by atoms with van der Waals surface area (Å²) in [7, 11) is 0. The van der Waals surface area contributed by atoms with Crippen LogP contribution in [0.15, 0.2) is 78.9 Å². The van der Waals surface area contributed by atoms with Crippen molar-refractivity contribution in [3.05, 3.63) is 95.6 Å². The fourth-order valence-electron chi connectivity index (χ4n) is 3.19. The van der Waals surface area contributed by atoms with Crippen LogP contribution in [0.4, 0.5) is 10.5 Å². The molecule has 0 spiro atoms. The van der Waals surface area contributed by atoms with Gasteiger partial charge in [0.25, 0.3) is 0 Å². The molecule has 3 rings (SSSR count). The molecule has 31 heavy (non-hydrogen) atoms. The van der Waals surface area contributed by atoms with Gasteiger partial charge in [0, 0.05) is 11.7 Å². The summed E-state index contributed by atoms with van der Waals surface area (Å²) in [5, 5.41) is 14.6. The van der Waals surface area contributed by atoms with Gasteiger partial charge in [-0.05, 0) is 60.7 Å². The smallest absolute Gasteiger partial charge is 0.319 e. The Balaban J connectivity index is 1.45. The van der Waals surface area contributed by atoms with Gasteiger partial charge in [0.1, 0.15) is 12.4 Å². The number of urea groups is 1. The summed E-state index contributed by atoms with van der Waals surface area (Å²) >= 11 is 0. The Labute approximate surface area is 183 Å². The first-order valence-electron chi connectivity index (χ1n) is 10.4. The van der Waals surface area contributed by atoms with E-state index in [1.807, 2.05) is 73.7 Å².